The zero-order chi connectivity index (χ0) is 23.3. The van der Waals surface area contributed by atoms with Crippen LogP contribution in [0.15, 0.2) is 46.1 Å². The Bertz CT molecular complexity index is 1530. The molecule has 5 rings (SSSR count). The Kier molecular flexibility index (Phi) is 5.25. The van der Waals surface area contributed by atoms with Gasteiger partial charge in [0.1, 0.15) is 5.69 Å². The van der Waals surface area contributed by atoms with E-state index in [1.54, 1.807) is 24.4 Å². The van der Waals surface area contributed by atoms with Crippen LogP contribution >= 0.6 is 11.6 Å². The van der Waals surface area contributed by atoms with Gasteiger partial charge in [-0.3, -0.25) is 14.8 Å². The summed E-state index contributed by atoms with van der Waals surface area (Å²) in [5, 5.41) is 3.61. The van der Waals surface area contributed by atoms with Crippen molar-refractivity contribution in [3.8, 4) is 16.9 Å². The number of H-pyrrole nitrogens is 1. The topological polar surface area (TPSA) is 92.7 Å². The minimum atomic E-state index is -0.707. The molecule has 4 heterocycles. The molecule has 168 valence electrons. The molecule has 7 nitrogen and oxygen atoms in total. The molecular weight excluding hydrogens is 445 g/mol. The largest absolute Gasteiger partial charge is 0.384 e. The summed E-state index contributed by atoms with van der Waals surface area (Å²) in [7, 11) is 0. The molecule has 4 aromatic rings. The van der Waals surface area contributed by atoms with Gasteiger partial charge in [0.2, 0.25) is 0 Å². The van der Waals surface area contributed by atoms with Crippen molar-refractivity contribution in [2.24, 2.45) is 0 Å². The first-order valence-corrected chi connectivity index (χ1v) is 11.1. The number of aromatic amines is 1. The summed E-state index contributed by atoms with van der Waals surface area (Å²) in [5.41, 5.74) is 1.84. The van der Waals surface area contributed by atoms with Crippen molar-refractivity contribution >= 4 is 28.3 Å². The number of rotatable bonds is 1. The highest BCUT2D eigenvalue weighted by atomic mass is 35.5. The molecule has 0 saturated heterocycles. The van der Waals surface area contributed by atoms with Crippen molar-refractivity contribution in [1.82, 2.24) is 19.5 Å². The van der Waals surface area contributed by atoms with Crippen LogP contribution in [0.4, 0.5) is 10.1 Å². The standard InChI is InChI=1S/C24H21ClFN5O2/c1-12(2)19-21-13(8-10-28-19)5-4-9-27-17-7-3-6-15(25)18(17)20-16(26)11-14-22(29-20)31(21)24(33)30-23(14)32/h3,6-8,10-12,27H,4-5,9H2,1-2H3,(H,30,32,33). The number of aryl methyl sites for hydroxylation is 1. The Balaban J connectivity index is 2.00. The Morgan fingerprint density at radius 1 is 1.21 bits per heavy atom. The van der Waals surface area contributed by atoms with E-state index in [1.165, 1.54) is 4.57 Å². The molecule has 0 aliphatic carbocycles. The second-order valence-corrected chi connectivity index (χ2v) is 8.74. The number of benzene rings is 1. The van der Waals surface area contributed by atoms with Gasteiger partial charge in [0.25, 0.3) is 5.56 Å². The first-order valence-electron chi connectivity index (χ1n) is 10.7. The van der Waals surface area contributed by atoms with Gasteiger partial charge in [-0.05, 0) is 48.6 Å². The van der Waals surface area contributed by atoms with E-state index in [-0.39, 0.29) is 22.6 Å². The average Bonchev–Trinajstić information content (AvgIpc) is 2.77. The fourth-order valence-electron chi connectivity index (χ4n) is 4.32. The molecule has 33 heavy (non-hydrogen) atoms. The lowest BCUT2D eigenvalue weighted by Gasteiger charge is -2.21. The normalized spacial score (nSPS) is 13.2. The number of fused-ring (bicyclic) bond motifs is 5. The van der Waals surface area contributed by atoms with Crippen LogP contribution in [-0.4, -0.2) is 26.1 Å². The Morgan fingerprint density at radius 2 is 2.03 bits per heavy atom. The summed E-state index contributed by atoms with van der Waals surface area (Å²) in [4.78, 5) is 37.2. The van der Waals surface area contributed by atoms with Gasteiger partial charge in [-0.1, -0.05) is 31.5 Å². The lowest BCUT2D eigenvalue weighted by atomic mass is 10.0. The van der Waals surface area contributed by atoms with Crippen LogP contribution in [0.3, 0.4) is 0 Å². The number of nitrogens with one attached hydrogen (secondary N) is 2. The highest BCUT2D eigenvalue weighted by molar-refractivity contribution is 6.34. The lowest BCUT2D eigenvalue weighted by Crippen LogP contribution is -2.32. The SMILES string of the molecule is CC(C)c1nccc2c1-n1c(=O)[nH]c(=O)c3cc(F)c(nc31)-c1c(Cl)cccc1NCCC2. The predicted octanol–water partition coefficient (Wildman–Crippen LogP) is 4.41. The second-order valence-electron chi connectivity index (χ2n) is 8.34. The van der Waals surface area contributed by atoms with Gasteiger partial charge in [0.15, 0.2) is 11.5 Å². The van der Waals surface area contributed by atoms with E-state index in [9.17, 15) is 9.59 Å². The summed E-state index contributed by atoms with van der Waals surface area (Å²) in [6, 6.07) is 8.20. The third kappa shape index (κ3) is 3.51. The van der Waals surface area contributed by atoms with Gasteiger partial charge in [-0.25, -0.2) is 18.7 Å². The molecule has 2 bridgehead atoms. The van der Waals surface area contributed by atoms with Crippen LogP contribution in [0.25, 0.3) is 28.0 Å². The molecule has 0 atom stereocenters. The van der Waals surface area contributed by atoms with E-state index < -0.39 is 17.1 Å². The number of pyridine rings is 2. The predicted molar refractivity (Wildman–Crippen MR) is 127 cm³/mol. The molecule has 0 spiro atoms. The first kappa shape index (κ1) is 21.3. The van der Waals surface area contributed by atoms with Crippen LogP contribution in [0.5, 0.6) is 0 Å². The van der Waals surface area contributed by atoms with Crippen molar-refractivity contribution in [2.45, 2.75) is 32.6 Å². The molecule has 9 heteroatoms. The number of anilines is 1. The van der Waals surface area contributed by atoms with Gasteiger partial charge in [0, 0.05) is 24.0 Å². The Labute approximate surface area is 193 Å². The van der Waals surface area contributed by atoms with Crippen molar-refractivity contribution in [1.29, 1.82) is 0 Å². The van der Waals surface area contributed by atoms with Gasteiger partial charge < -0.3 is 5.32 Å². The van der Waals surface area contributed by atoms with Gasteiger partial charge >= 0.3 is 5.69 Å². The molecule has 0 fully saturated rings. The van der Waals surface area contributed by atoms with Crippen LogP contribution in [0.1, 0.15) is 37.4 Å². The van der Waals surface area contributed by atoms with E-state index in [1.807, 2.05) is 19.9 Å². The van der Waals surface area contributed by atoms with Crippen LogP contribution in [0, 0.1) is 5.82 Å². The number of halogens is 2. The van der Waals surface area contributed by atoms with Crippen molar-refractivity contribution in [3.63, 3.8) is 0 Å². The fraction of sp³-hybridized carbons (Fsp3) is 0.250. The lowest BCUT2D eigenvalue weighted by molar-refractivity contribution is 0.627. The molecule has 1 aliphatic heterocycles. The van der Waals surface area contributed by atoms with E-state index in [2.05, 4.69) is 20.3 Å². The highest BCUT2D eigenvalue weighted by Crippen LogP contribution is 2.37. The van der Waals surface area contributed by atoms with E-state index >= 15 is 4.39 Å². The minimum Gasteiger partial charge on any atom is -0.384 e. The van der Waals surface area contributed by atoms with Crippen LogP contribution < -0.4 is 16.6 Å². The third-order valence-electron chi connectivity index (χ3n) is 5.83. The van der Waals surface area contributed by atoms with E-state index in [0.29, 0.717) is 40.6 Å². The number of nitrogens with zero attached hydrogens (tertiary/aromatic N) is 3. The highest BCUT2D eigenvalue weighted by Gasteiger charge is 2.24. The fourth-order valence-corrected chi connectivity index (χ4v) is 4.59. The molecule has 0 radical (unpaired) electrons. The Hall–Kier alpha value is -3.52. The molecule has 0 unspecified atom stereocenters. The van der Waals surface area contributed by atoms with Crippen molar-refractivity contribution in [3.05, 3.63) is 79.5 Å². The molecule has 1 aliphatic rings. The minimum absolute atomic E-state index is 0.00468. The maximum Gasteiger partial charge on any atom is 0.334 e. The van der Waals surface area contributed by atoms with Crippen LogP contribution in [0.2, 0.25) is 5.02 Å². The molecular formula is C24H21ClFN5O2. The summed E-state index contributed by atoms with van der Waals surface area (Å²) < 4.78 is 16.7. The summed E-state index contributed by atoms with van der Waals surface area (Å²) in [6.07, 6.45) is 3.12. The Morgan fingerprint density at radius 3 is 2.82 bits per heavy atom. The monoisotopic (exact) mass is 465 g/mol. The number of hydrogen-bond acceptors (Lipinski definition) is 5. The summed E-state index contributed by atoms with van der Waals surface area (Å²) >= 11 is 6.47. The van der Waals surface area contributed by atoms with Gasteiger partial charge in [0.05, 0.1) is 21.8 Å². The van der Waals surface area contributed by atoms with Crippen molar-refractivity contribution < 1.29 is 4.39 Å². The van der Waals surface area contributed by atoms with Gasteiger partial charge in [-0.15, -0.1) is 0 Å². The third-order valence-corrected chi connectivity index (χ3v) is 6.15. The number of hydrogen-bond donors (Lipinski definition) is 2. The van der Waals surface area contributed by atoms with E-state index in [0.717, 1.165) is 18.1 Å². The molecule has 1 aromatic carbocycles. The molecule has 0 saturated carbocycles. The zero-order valence-electron chi connectivity index (χ0n) is 18.1. The summed E-state index contributed by atoms with van der Waals surface area (Å²) in [6.45, 7) is 4.56. The number of aromatic nitrogens is 4. The molecule has 0 amide bonds. The van der Waals surface area contributed by atoms with Crippen molar-refractivity contribution in [2.75, 3.05) is 11.9 Å². The van der Waals surface area contributed by atoms with Crippen LogP contribution in [-0.2, 0) is 6.42 Å². The van der Waals surface area contributed by atoms with E-state index in [4.69, 9.17) is 11.6 Å². The quantitative estimate of drug-likeness (QED) is 0.434. The molecule has 3 aromatic heterocycles. The average molecular weight is 466 g/mol. The zero-order valence-corrected chi connectivity index (χ0v) is 18.8. The summed E-state index contributed by atoms with van der Waals surface area (Å²) in [5.74, 6) is -0.711. The maximum absolute atomic E-state index is 15.3. The first-order chi connectivity index (χ1) is 15.9. The molecule has 2 N–H and O–H groups in total. The maximum atomic E-state index is 15.3. The van der Waals surface area contributed by atoms with Gasteiger partial charge in [-0.2, -0.15) is 0 Å². The second kappa shape index (κ2) is 8.12. The smallest absolute Gasteiger partial charge is 0.334 e.